The van der Waals surface area contributed by atoms with E-state index in [2.05, 4.69) is 25.6 Å². The van der Waals surface area contributed by atoms with Crippen LogP contribution in [0.25, 0.3) is 11.3 Å². The molecule has 0 aliphatic rings. The van der Waals surface area contributed by atoms with E-state index in [9.17, 15) is 18.0 Å². The number of nitrogens with zero attached hydrogens (tertiary/aromatic N) is 3. The third-order valence-electron chi connectivity index (χ3n) is 4.53. The second-order valence-corrected chi connectivity index (χ2v) is 7.79. The molecule has 35 heavy (non-hydrogen) atoms. The number of carbonyl (C=O) groups excluding carboxylic acids is 1. The van der Waals surface area contributed by atoms with Gasteiger partial charge in [-0.1, -0.05) is 29.3 Å². The smallest absolute Gasteiger partial charge is 0.416 e. The van der Waals surface area contributed by atoms with Crippen molar-refractivity contribution in [3.8, 4) is 22.9 Å². The van der Waals surface area contributed by atoms with Crippen LogP contribution in [0, 0.1) is 0 Å². The third kappa shape index (κ3) is 5.97. The predicted octanol–water partition coefficient (Wildman–Crippen LogP) is 7.30. The zero-order chi connectivity index (χ0) is 25.0. The van der Waals surface area contributed by atoms with Crippen molar-refractivity contribution in [2.75, 3.05) is 10.6 Å². The number of halogens is 5. The largest absolute Gasteiger partial charge is 0.435 e. The Bertz CT molecular complexity index is 1350. The topological polar surface area (TPSA) is 89.0 Å². The second kappa shape index (κ2) is 10.2. The van der Waals surface area contributed by atoms with Gasteiger partial charge in [-0.05, 0) is 48.5 Å². The lowest BCUT2D eigenvalue weighted by Crippen LogP contribution is -2.19. The van der Waals surface area contributed by atoms with Gasteiger partial charge in [0.05, 0.1) is 26.9 Å². The lowest BCUT2D eigenvalue weighted by Gasteiger charge is -2.14. The maximum atomic E-state index is 12.9. The number of carbonyl (C=O) groups is 1. The van der Waals surface area contributed by atoms with Gasteiger partial charge in [0.25, 0.3) is 0 Å². The van der Waals surface area contributed by atoms with Gasteiger partial charge < -0.3 is 15.4 Å². The molecule has 2 amide bonds. The molecule has 7 nitrogen and oxygen atoms in total. The van der Waals surface area contributed by atoms with Crippen LogP contribution in [0.2, 0.25) is 10.0 Å². The van der Waals surface area contributed by atoms with E-state index in [1.54, 1.807) is 24.4 Å². The highest BCUT2D eigenvalue weighted by Gasteiger charge is 2.30. The van der Waals surface area contributed by atoms with Gasteiger partial charge in [0.15, 0.2) is 5.75 Å². The van der Waals surface area contributed by atoms with E-state index in [1.807, 2.05) is 0 Å². The summed E-state index contributed by atoms with van der Waals surface area (Å²) in [6, 6.07) is 11.3. The molecule has 0 saturated carbocycles. The molecule has 0 atom stereocenters. The van der Waals surface area contributed by atoms with Crippen molar-refractivity contribution in [2.24, 2.45) is 0 Å². The minimum atomic E-state index is -4.54. The van der Waals surface area contributed by atoms with Crippen LogP contribution < -0.4 is 15.4 Å². The Balaban J connectivity index is 1.51. The van der Waals surface area contributed by atoms with Crippen molar-refractivity contribution in [3.63, 3.8) is 0 Å². The lowest BCUT2D eigenvalue weighted by molar-refractivity contribution is -0.137. The number of anilines is 2. The van der Waals surface area contributed by atoms with Crippen LogP contribution in [0.3, 0.4) is 0 Å². The van der Waals surface area contributed by atoms with Gasteiger partial charge in [0.2, 0.25) is 5.88 Å². The molecule has 0 saturated heterocycles. The molecule has 2 aromatic heterocycles. The van der Waals surface area contributed by atoms with Crippen molar-refractivity contribution in [3.05, 3.63) is 88.9 Å². The molecule has 0 fully saturated rings. The molecular formula is C23H14Cl2F3N5O2. The van der Waals surface area contributed by atoms with Crippen LogP contribution >= 0.6 is 23.2 Å². The SMILES string of the molecule is O=C(Nc1cccc(C(F)(F)F)c1)Nc1cc(Cl)c(Oc2ncccc2-c2ccncn2)c(Cl)c1. The molecule has 0 aliphatic carbocycles. The van der Waals surface area contributed by atoms with Crippen molar-refractivity contribution in [1.82, 2.24) is 15.0 Å². The van der Waals surface area contributed by atoms with Crippen LogP contribution in [0.15, 0.2) is 73.3 Å². The van der Waals surface area contributed by atoms with Crippen molar-refractivity contribution < 1.29 is 22.7 Å². The molecule has 4 rings (SSSR count). The quantitative estimate of drug-likeness (QED) is 0.288. The summed E-state index contributed by atoms with van der Waals surface area (Å²) in [5.41, 5.74) is 0.402. The number of nitrogens with one attached hydrogen (secondary N) is 2. The molecule has 178 valence electrons. The Hall–Kier alpha value is -3.89. The molecule has 4 aromatic rings. The predicted molar refractivity (Wildman–Crippen MR) is 126 cm³/mol. The Morgan fingerprint density at radius 3 is 2.31 bits per heavy atom. The van der Waals surface area contributed by atoms with E-state index in [-0.39, 0.29) is 33.0 Å². The fourth-order valence-corrected chi connectivity index (χ4v) is 3.57. The molecular weight excluding hydrogens is 506 g/mol. The monoisotopic (exact) mass is 519 g/mol. The number of pyridine rings is 1. The Morgan fingerprint density at radius 1 is 0.886 bits per heavy atom. The Morgan fingerprint density at radius 2 is 1.63 bits per heavy atom. The summed E-state index contributed by atoms with van der Waals surface area (Å²) in [6.07, 6.45) is -0.0528. The summed E-state index contributed by atoms with van der Waals surface area (Å²) < 4.78 is 44.5. The van der Waals surface area contributed by atoms with Gasteiger partial charge in [0.1, 0.15) is 6.33 Å². The lowest BCUT2D eigenvalue weighted by atomic mass is 10.2. The summed E-state index contributed by atoms with van der Waals surface area (Å²) in [5.74, 6) is 0.282. The minimum absolute atomic E-state index is 0.0399. The van der Waals surface area contributed by atoms with E-state index in [1.165, 1.54) is 36.8 Å². The second-order valence-electron chi connectivity index (χ2n) is 6.98. The summed E-state index contributed by atoms with van der Waals surface area (Å²) >= 11 is 12.7. The molecule has 0 bridgehead atoms. The number of benzene rings is 2. The van der Waals surface area contributed by atoms with Crippen LogP contribution in [0.5, 0.6) is 11.6 Å². The van der Waals surface area contributed by atoms with Gasteiger partial charge >= 0.3 is 12.2 Å². The van der Waals surface area contributed by atoms with Gasteiger partial charge in [-0.3, -0.25) is 0 Å². The standard InChI is InChI=1S/C23H14Cl2F3N5O2/c24-17-10-15(33-22(34)32-14-4-1-3-13(9-14)23(26,27)28)11-18(25)20(17)35-21-16(5-2-7-30-21)19-6-8-29-12-31-19/h1-12H,(H2,32,33,34). The number of alkyl halides is 3. The molecule has 0 unspecified atom stereocenters. The van der Waals surface area contributed by atoms with E-state index in [0.717, 1.165) is 12.1 Å². The first kappa shape index (κ1) is 24.2. The van der Waals surface area contributed by atoms with E-state index >= 15 is 0 Å². The average molecular weight is 520 g/mol. The summed E-state index contributed by atoms with van der Waals surface area (Å²) in [6.45, 7) is 0. The van der Waals surface area contributed by atoms with Gasteiger partial charge in [-0.15, -0.1) is 0 Å². The first-order valence-electron chi connectivity index (χ1n) is 9.84. The average Bonchev–Trinajstić information content (AvgIpc) is 2.82. The van der Waals surface area contributed by atoms with Crippen LogP contribution in [-0.2, 0) is 6.18 Å². The minimum Gasteiger partial charge on any atom is -0.435 e. The van der Waals surface area contributed by atoms with Crippen LogP contribution in [-0.4, -0.2) is 21.0 Å². The Kier molecular flexibility index (Phi) is 7.04. The van der Waals surface area contributed by atoms with Crippen molar-refractivity contribution >= 4 is 40.6 Å². The van der Waals surface area contributed by atoms with E-state index in [4.69, 9.17) is 27.9 Å². The first-order chi connectivity index (χ1) is 16.7. The zero-order valence-corrected chi connectivity index (χ0v) is 19.0. The van der Waals surface area contributed by atoms with E-state index < -0.39 is 17.8 Å². The zero-order valence-electron chi connectivity index (χ0n) is 17.5. The highest BCUT2D eigenvalue weighted by atomic mass is 35.5. The van der Waals surface area contributed by atoms with Gasteiger partial charge in [-0.2, -0.15) is 13.2 Å². The molecule has 12 heteroatoms. The summed E-state index contributed by atoms with van der Waals surface area (Å²) in [7, 11) is 0. The molecule has 0 spiro atoms. The third-order valence-corrected chi connectivity index (χ3v) is 5.09. The molecule has 2 heterocycles. The van der Waals surface area contributed by atoms with Gasteiger partial charge in [-0.25, -0.2) is 19.7 Å². The fourth-order valence-electron chi connectivity index (χ4n) is 3.01. The van der Waals surface area contributed by atoms with Gasteiger partial charge in [0, 0.05) is 23.8 Å². The maximum Gasteiger partial charge on any atom is 0.416 e. The highest BCUT2D eigenvalue weighted by Crippen LogP contribution is 2.40. The number of hydrogen-bond acceptors (Lipinski definition) is 5. The number of urea groups is 1. The Labute approximate surface area is 206 Å². The number of amides is 2. The number of hydrogen-bond donors (Lipinski definition) is 2. The molecule has 0 radical (unpaired) electrons. The van der Waals surface area contributed by atoms with Crippen molar-refractivity contribution in [1.29, 1.82) is 0 Å². The number of aromatic nitrogens is 3. The van der Waals surface area contributed by atoms with E-state index in [0.29, 0.717) is 11.3 Å². The number of ether oxygens (including phenoxy) is 1. The van der Waals surface area contributed by atoms with Crippen molar-refractivity contribution in [2.45, 2.75) is 6.18 Å². The number of rotatable bonds is 5. The van der Waals surface area contributed by atoms with Crippen LogP contribution in [0.1, 0.15) is 5.56 Å². The first-order valence-corrected chi connectivity index (χ1v) is 10.6. The molecule has 2 N–H and O–H groups in total. The highest BCUT2D eigenvalue weighted by molar-refractivity contribution is 6.37. The summed E-state index contributed by atoms with van der Waals surface area (Å²) in [4.78, 5) is 24.6. The fraction of sp³-hybridized carbons (Fsp3) is 0.0435. The molecule has 0 aliphatic heterocycles. The normalized spacial score (nSPS) is 11.1. The molecule has 2 aromatic carbocycles. The van der Waals surface area contributed by atoms with Crippen LogP contribution in [0.4, 0.5) is 29.3 Å². The summed E-state index contributed by atoms with van der Waals surface area (Å²) in [5, 5.41) is 4.93. The maximum absolute atomic E-state index is 12.9.